The molecular weight excluding hydrogens is 188 g/mol. The van der Waals surface area contributed by atoms with Gasteiger partial charge in [0.2, 0.25) is 5.91 Å². The highest BCUT2D eigenvalue weighted by atomic mass is 16.2. The molecule has 2 atom stereocenters. The normalized spacial score (nSPS) is 14.7. The Balaban J connectivity index is 3.88. The highest BCUT2D eigenvalue weighted by molar-refractivity contribution is 5.76. The maximum atomic E-state index is 11.7. The van der Waals surface area contributed by atoms with Crippen LogP contribution in [-0.2, 0) is 4.79 Å². The Hall–Kier alpha value is -0.570. The monoisotopic (exact) mass is 214 g/mol. The van der Waals surface area contributed by atoms with E-state index in [9.17, 15) is 4.79 Å². The summed E-state index contributed by atoms with van der Waals surface area (Å²) in [4.78, 5) is 13.5. The summed E-state index contributed by atoms with van der Waals surface area (Å²) in [5.41, 5.74) is 5.84. The second-order valence-corrected chi connectivity index (χ2v) is 4.54. The number of nitrogens with zero attached hydrogens (tertiary/aromatic N) is 1. The summed E-state index contributed by atoms with van der Waals surface area (Å²) in [7, 11) is 1.87. The highest BCUT2D eigenvalue weighted by Crippen LogP contribution is 2.06. The molecule has 0 aromatic rings. The van der Waals surface area contributed by atoms with Crippen LogP contribution in [0, 0.1) is 5.92 Å². The van der Waals surface area contributed by atoms with Crippen LogP contribution >= 0.6 is 0 Å². The number of carbonyl (C=O) groups excluding carboxylic acids is 1. The van der Waals surface area contributed by atoms with Gasteiger partial charge in [-0.05, 0) is 12.3 Å². The summed E-state index contributed by atoms with van der Waals surface area (Å²) in [6.07, 6.45) is 3.58. The SMILES string of the molecule is CCCC(N)CC(=O)N(C)CC(C)CC. The molecule has 3 heteroatoms. The van der Waals surface area contributed by atoms with Gasteiger partial charge in [0.05, 0.1) is 0 Å². The summed E-state index contributed by atoms with van der Waals surface area (Å²) >= 11 is 0. The van der Waals surface area contributed by atoms with E-state index in [1.54, 1.807) is 0 Å². The van der Waals surface area contributed by atoms with E-state index in [0.29, 0.717) is 12.3 Å². The molecule has 0 fully saturated rings. The highest BCUT2D eigenvalue weighted by Gasteiger charge is 2.14. The van der Waals surface area contributed by atoms with Crippen molar-refractivity contribution in [2.75, 3.05) is 13.6 Å². The van der Waals surface area contributed by atoms with Crippen molar-refractivity contribution >= 4 is 5.91 Å². The van der Waals surface area contributed by atoms with Crippen molar-refractivity contribution in [3.63, 3.8) is 0 Å². The predicted molar refractivity (Wildman–Crippen MR) is 64.6 cm³/mol. The largest absolute Gasteiger partial charge is 0.345 e. The lowest BCUT2D eigenvalue weighted by Crippen LogP contribution is -2.35. The van der Waals surface area contributed by atoms with Crippen LogP contribution in [-0.4, -0.2) is 30.4 Å². The molecule has 2 unspecified atom stereocenters. The average molecular weight is 214 g/mol. The fourth-order valence-electron chi connectivity index (χ4n) is 1.55. The van der Waals surface area contributed by atoms with Crippen molar-refractivity contribution in [3.8, 4) is 0 Å². The van der Waals surface area contributed by atoms with E-state index in [-0.39, 0.29) is 11.9 Å². The first-order valence-electron chi connectivity index (χ1n) is 6.00. The van der Waals surface area contributed by atoms with Gasteiger partial charge in [0.25, 0.3) is 0 Å². The Labute approximate surface area is 94.0 Å². The zero-order chi connectivity index (χ0) is 11.8. The second-order valence-electron chi connectivity index (χ2n) is 4.54. The second kappa shape index (κ2) is 7.69. The third-order valence-electron chi connectivity index (χ3n) is 2.80. The number of hydrogen-bond donors (Lipinski definition) is 1. The van der Waals surface area contributed by atoms with Crippen LogP contribution < -0.4 is 5.73 Å². The van der Waals surface area contributed by atoms with E-state index in [0.717, 1.165) is 25.8 Å². The van der Waals surface area contributed by atoms with Crippen LogP contribution in [0.2, 0.25) is 0 Å². The molecule has 0 spiro atoms. The van der Waals surface area contributed by atoms with Gasteiger partial charge in [-0.2, -0.15) is 0 Å². The molecule has 1 amide bonds. The molecule has 3 nitrogen and oxygen atoms in total. The van der Waals surface area contributed by atoms with Gasteiger partial charge in [-0.15, -0.1) is 0 Å². The van der Waals surface area contributed by atoms with Crippen molar-refractivity contribution < 1.29 is 4.79 Å². The molecule has 15 heavy (non-hydrogen) atoms. The predicted octanol–water partition coefficient (Wildman–Crippen LogP) is 2.01. The Bertz CT molecular complexity index is 182. The first-order valence-corrected chi connectivity index (χ1v) is 6.00. The molecule has 0 saturated carbocycles. The maximum absolute atomic E-state index is 11.7. The summed E-state index contributed by atoms with van der Waals surface area (Å²) in [6, 6.07) is 0.0295. The minimum Gasteiger partial charge on any atom is -0.345 e. The van der Waals surface area contributed by atoms with E-state index in [2.05, 4.69) is 20.8 Å². The first-order chi connectivity index (χ1) is 7.01. The van der Waals surface area contributed by atoms with Gasteiger partial charge in [-0.1, -0.05) is 33.6 Å². The molecule has 0 bridgehead atoms. The smallest absolute Gasteiger partial charge is 0.223 e. The number of rotatable bonds is 7. The number of amides is 1. The maximum Gasteiger partial charge on any atom is 0.223 e. The van der Waals surface area contributed by atoms with E-state index < -0.39 is 0 Å². The fraction of sp³-hybridized carbons (Fsp3) is 0.917. The molecule has 0 aromatic heterocycles. The van der Waals surface area contributed by atoms with Gasteiger partial charge in [-0.25, -0.2) is 0 Å². The van der Waals surface area contributed by atoms with Crippen LogP contribution in [0.5, 0.6) is 0 Å². The molecule has 2 N–H and O–H groups in total. The standard InChI is InChI=1S/C12H26N2O/c1-5-7-11(13)8-12(15)14(4)9-10(3)6-2/h10-11H,5-9,13H2,1-4H3. The minimum absolute atomic E-state index is 0.0295. The zero-order valence-electron chi connectivity index (χ0n) is 10.6. The topological polar surface area (TPSA) is 46.3 Å². The lowest BCUT2D eigenvalue weighted by molar-refractivity contribution is -0.130. The van der Waals surface area contributed by atoms with E-state index in [1.807, 2.05) is 11.9 Å². The first kappa shape index (κ1) is 14.4. The molecule has 0 aliphatic heterocycles. The van der Waals surface area contributed by atoms with Gasteiger partial charge < -0.3 is 10.6 Å². The minimum atomic E-state index is 0.0295. The van der Waals surface area contributed by atoms with Crippen molar-refractivity contribution in [1.29, 1.82) is 0 Å². The molecule has 0 heterocycles. The molecule has 0 saturated heterocycles. The third-order valence-corrected chi connectivity index (χ3v) is 2.80. The molecule has 0 aromatic carbocycles. The molecule has 0 aliphatic rings. The molecule has 0 aliphatic carbocycles. The number of nitrogens with two attached hydrogens (primary N) is 1. The lowest BCUT2D eigenvalue weighted by atomic mass is 10.1. The Morgan fingerprint density at radius 1 is 1.40 bits per heavy atom. The number of carbonyl (C=O) groups is 1. The van der Waals surface area contributed by atoms with Crippen molar-refractivity contribution in [1.82, 2.24) is 4.90 Å². The Morgan fingerprint density at radius 3 is 2.47 bits per heavy atom. The third kappa shape index (κ3) is 6.50. The summed E-state index contributed by atoms with van der Waals surface area (Å²) in [6.45, 7) is 7.24. The van der Waals surface area contributed by atoms with Gasteiger partial charge in [0.1, 0.15) is 0 Å². The summed E-state index contributed by atoms with van der Waals surface area (Å²) in [5, 5.41) is 0. The van der Waals surface area contributed by atoms with Crippen LogP contribution in [0.25, 0.3) is 0 Å². The van der Waals surface area contributed by atoms with Crippen molar-refractivity contribution in [2.45, 2.75) is 52.5 Å². The molecular formula is C12H26N2O. The van der Waals surface area contributed by atoms with E-state index in [1.165, 1.54) is 0 Å². The summed E-state index contributed by atoms with van der Waals surface area (Å²) in [5.74, 6) is 0.748. The van der Waals surface area contributed by atoms with Gasteiger partial charge >= 0.3 is 0 Å². The van der Waals surface area contributed by atoms with E-state index >= 15 is 0 Å². The Kier molecular flexibility index (Phi) is 7.39. The van der Waals surface area contributed by atoms with Crippen LogP contribution in [0.4, 0.5) is 0 Å². The molecule has 90 valence electrons. The van der Waals surface area contributed by atoms with Crippen LogP contribution in [0.3, 0.4) is 0 Å². The van der Waals surface area contributed by atoms with Gasteiger partial charge in [0, 0.05) is 26.1 Å². The van der Waals surface area contributed by atoms with E-state index in [4.69, 9.17) is 5.73 Å². The Morgan fingerprint density at radius 2 is 2.00 bits per heavy atom. The van der Waals surface area contributed by atoms with Gasteiger partial charge in [-0.3, -0.25) is 4.79 Å². The summed E-state index contributed by atoms with van der Waals surface area (Å²) < 4.78 is 0. The van der Waals surface area contributed by atoms with Crippen molar-refractivity contribution in [3.05, 3.63) is 0 Å². The van der Waals surface area contributed by atoms with Crippen LogP contribution in [0.1, 0.15) is 46.5 Å². The van der Waals surface area contributed by atoms with Crippen molar-refractivity contribution in [2.24, 2.45) is 11.7 Å². The zero-order valence-corrected chi connectivity index (χ0v) is 10.6. The van der Waals surface area contributed by atoms with Crippen LogP contribution in [0.15, 0.2) is 0 Å². The molecule has 0 rings (SSSR count). The fourth-order valence-corrected chi connectivity index (χ4v) is 1.55. The van der Waals surface area contributed by atoms with Gasteiger partial charge in [0.15, 0.2) is 0 Å². The average Bonchev–Trinajstić information content (AvgIpc) is 2.17. The quantitative estimate of drug-likeness (QED) is 0.704. The lowest BCUT2D eigenvalue weighted by Gasteiger charge is -2.22. The molecule has 0 radical (unpaired) electrons. The number of hydrogen-bond acceptors (Lipinski definition) is 2.